The third-order valence-electron chi connectivity index (χ3n) is 3.17. The van der Waals surface area contributed by atoms with E-state index < -0.39 is 0 Å². The van der Waals surface area contributed by atoms with Gasteiger partial charge in [0.2, 0.25) is 0 Å². The quantitative estimate of drug-likeness (QED) is 0.426. The van der Waals surface area contributed by atoms with E-state index in [2.05, 4.69) is 27.1 Å². The van der Waals surface area contributed by atoms with Gasteiger partial charge in [-0.2, -0.15) is 11.3 Å². The maximum atomic E-state index is 12.4. The average Bonchev–Trinajstić information content (AvgIpc) is 3.10. The summed E-state index contributed by atoms with van der Waals surface area (Å²) in [7, 11) is 0. The number of nitrogens with one attached hydrogen (secondary N) is 1. The van der Waals surface area contributed by atoms with Crippen LogP contribution in [0.2, 0.25) is 10.2 Å². The molecule has 0 saturated carbocycles. The van der Waals surface area contributed by atoms with E-state index in [-0.39, 0.29) is 16.1 Å². The van der Waals surface area contributed by atoms with Gasteiger partial charge < -0.3 is 5.32 Å². The summed E-state index contributed by atoms with van der Waals surface area (Å²) in [6.07, 6.45) is 1.41. The summed E-state index contributed by atoms with van der Waals surface area (Å²) in [5, 5.41) is 7.52. The molecule has 1 aromatic carbocycles. The van der Waals surface area contributed by atoms with E-state index in [1.807, 2.05) is 24.3 Å². The molecule has 122 valence electrons. The minimum Gasteiger partial charge on any atom is -0.321 e. The van der Waals surface area contributed by atoms with Gasteiger partial charge in [-0.15, -0.1) is 11.8 Å². The zero-order valence-electron chi connectivity index (χ0n) is 12.3. The fourth-order valence-electron chi connectivity index (χ4n) is 1.97. The second-order valence-electron chi connectivity index (χ2n) is 4.87. The van der Waals surface area contributed by atoms with Gasteiger partial charge in [-0.25, -0.2) is 4.98 Å². The predicted molar refractivity (Wildman–Crippen MR) is 103 cm³/mol. The van der Waals surface area contributed by atoms with Crippen LogP contribution in [0.1, 0.15) is 15.9 Å². The van der Waals surface area contributed by atoms with Crippen molar-refractivity contribution in [2.24, 2.45) is 0 Å². The van der Waals surface area contributed by atoms with Crippen molar-refractivity contribution in [1.82, 2.24) is 4.98 Å². The van der Waals surface area contributed by atoms with Crippen LogP contribution < -0.4 is 5.32 Å². The van der Waals surface area contributed by atoms with E-state index in [1.54, 1.807) is 23.1 Å². The Bertz CT molecular complexity index is 854. The minimum atomic E-state index is -0.273. The maximum Gasteiger partial charge on any atom is 0.257 e. The minimum absolute atomic E-state index is 0.180. The summed E-state index contributed by atoms with van der Waals surface area (Å²) in [5.41, 5.74) is 2.38. The van der Waals surface area contributed by atoms with E-state index in [0.717, 1.165) is 16.3 Å². The van der Waals surface area contributed by atoms with Gasteiger partial charge in [0, 0.05) is 16.8 Å². The van der Waals surface area contributed by atoms with Crippen LogP contribution in [0, 0.1) is 0 Å². The molecule has 0 radical (unpaired) electrons. The molecule has 0 aliphatic heterocycles. The first-order chi connectivity index (χ1) is 11.6. The average molecular weight is 395 g/mol. The highest BCUT2D eigenvalue weighted by Gasteiger charge is 2.12. The normalized spacial score (nSPS) is 10.6. The lowest BCUT2D eigenvalue weighted by Crippen LogP contribution is -2.13. The molecule has 3 aromatic rings. The van der Waals surface area contributed by atoms with Crippen molar-refractivity contribution < 1.29 is 4.79 Å². The van der Waals surface area contributed by atoms with Gasteiger partial charge >= 0.3 is 0 Å². The monoisotopic (exact) mass is 394 g/mol. The van der Waals surface area contributed by atoms with Crippen LogP contribution >= 0.6 is 46.3 Å². The fraction of sp³-hybridized carbons (Fsp3) is 0.0588. The van der Waals surface area contributed by atoms with Gasteiger partial charge in [0.15, 0.2) is 0 Å². The van der Waals surface area contributed by atoms with Gasteiger partial charge in [0.25, 0.3) is 5.91 Å². The Kier molecular flexibility index (Phi) is 5.79. The molecule has 3 nitrogen and oxygen atoms in total. The molecule has 0 unspecified atom stereocenters. The molecule has 0 bridgehead atoms. The number of carbonyl (C=O) groups is 1. The van der Waals surface area contributed by atoms with Crippen molar-refractivity contribution in [1.29, 1.82) is 0 Å². The number of nitrogens with zero attached hydrogens (tertiary/aromatic N) is 1. The van der Waals surface area contributed by atoms with Crippen molar-refractivity contribution in [3.05, 3.63) is 74.7 Å². The summed E-state index contributed by atoms with van der Waals surface area (Å²) in [6, 6.07) is 11.3. The Balaban J connectivity index is 1.74. The third kappa shape index (κ3) is 4.30. The maximum absolute atomic E-state index is 12.4. The number of rotatable bonds is 5. The molecular formula is C17H12Cl2N2OS2. The largest absolute Gasteiger partial charge is 0.321 e. The second kappa shape index (κ2) is 8.03. The van der Waals surface area contributed by atoms with Crippen LogP contribution in [-0.2, 0) is 5.75 Å². The number of amides is 1. The summed E-state index contributed by atoms with van der Waals surface area (Å²) in [6.45, 7) is 0. The second-order valence-corrected chi connectivity index (χ2v) is 7.43. The SMILES string of the molecule is O=C(Nc1ccccc1SCc1ccsc1)c1cnc(Cl)c(Cl)c1. The summed E-state index contributed by atoms with van der Waals surface area (Å²) < 4.78 is 0. The standard InChI is InChI=1S/C17H12Cl2N2OS2/c18-13-7-12(8-20-16(13)19)17(22)21-14-3-1-2-4-15(14)24-10-11-5-6-23-9-11/h1-9H,10H2,(H,21,22). The van der Waals surface area contributed by atoms with Crippen molar-refractivity contribution in [3.63, 3.8) is 0 Å². The highest BCUT2D eigenvalue weighted by atomic mass is 35.5. The first-order valence-electron chi connectivity index (χ1n) is 6.99. The number of para-hydroxylation sites is 1. The summed E-state index contributed by atoms with van der Waals surface area (Å²) in [4.78, 5) is 17.3. The van der Waals surface area contributed by atoms with Crippen molar-refractivity contribution in [2.75, 3.05) is 5.32 Å². The van der Waals surface area contributed by atoms with E-state index in [0.29, 0.717) is 5.56 Å². The Hall–Kier alpha value is -1.53. The lowest BCUT2D eigenvalue weighted by molar-refractivity contribution is 0.102. The number of aromatic nitrogens is 1. The topological polar surface area (TPSA) is 42.0 Å². The number of hydrogen-bond donors (Lipinski definition) is 1. The van der Waals surface area contributed by atoms with E-state index in [1.165, 1.54) is 17.8 Å². The van der Waals surface area contributed by atoms with Crippen molar-refractivity contribution >= 4 is 57.9 Å². The molecule has 0 aliphatic carbocycles. The highest BCUT2D eigenvalue weighted by molar-refractivity contribution is 7.98. The number of pyridine rings is 1. The smallest absolute Gasteiger partial charge is 0.257 e. The Labute approximate surface area is 158 Å². The third-order valence-corrected chi connectivity index (χ3v) is 5.73. The van der Waals surface area contributed by atoms with E-state index >= 15 is 0 Å². The van der Waals surface area contributed by atoms with Gasteiger partial charge in [0.1, 0.15) is 5.15 Å². The molecule has 24 heavy (non-hydrogen) atoms. The van der Waals surface area contributed by atoms with Gasteiger partial charge in [-0.1, -0.05) is 35.3 Å². The van der Waals surface area contributed by atoms with Crippen LogP contribution in [-0.4, -0.2) is 10.9 Å². The van der Waals surface area contributed by atoms with Gasteiger partial charge in [-0.05, 0) is 40.6 Å². The van der Waals surface area contributed by atoms with Crippen LogP contribution in [0.5, 0.6) is 0 Å². The van der Waals surface area contributed by atoms with Crippen LogP contribution in [0.4, 0.5) is 5.69 Å². The van der Waals surface area contributed by atoms with Crippen LogP contribution in [0.25, 0.3) is 0 Å². The molecule has 0 fully saturated rings. The number of hydrogen-bond acceptors (Lipinski definition) is 4. The molecule has 0 saturated heterocycles. The first-order valence-corrected chi connectivity index (χ1v) is 9.67. The summed E-state index contributed by atoms with van der Waals surface area (Å²) in [5.74, 6) is 0.578. The lowest BCUT2D eigenvalue weighted by atomic mass is 10.2. The Morgan fingerprint density at radius 2 is 2.08 bits per heavy atom. The molecule has 7 heteroatoms. The predicted octanol–water partition coefficient (Wildman–Crippen LogP) is 5.99. The molecule has 2 aromatic heterocycles. The molecule has 1 N–H and O–H groups in total. The van der Waals surface area contributed by atoms with Crippen molar-refractivity contribution in [3.8, 4) is 0 Å². The molecule has 0 aliphatic rings. The lowest BCUT2D eigenvalue weighted by Gasteiger charge is -2.10. The zero-order valence-corrected chi connectivity index (χ0v) is 15.5. The summed E-state index contributed by atoms with van der Waals surface area (Å²) >= 11 is 15.1. The van der Waals surface area contributed by atoms with E-state index in [9.17, 15) is 4.79 Å². The number of anilines is 1. The molecule has 0 spiro atoms. The van der Waals surface area contributed by atoms with Crippen LogP contribution in [0.15, 0.2) is 58.3 Å². The zero-order chi connectivity index (χ0) is 16.9. The number of halogens is 2. The Morgan fingerprint density at radius 3 is 2.83 bits per heavy atom. The molecule has 1 amide bonds. The number of thioether (sulfide) groups is 1. The number of carbonyl (C=O) groups excluding carboxylic acids is 1. The number of thiophene rings is 1. The van der Waals surface area contributed by atoms with Gasteiger partial charge in [-0.3, -0.25) is 4.79 Å². The highest BCUT2D eigenvalue weighted by Crippen LogP contribution is 2.31. The Morgan fingerprint density at radius 1 is 1.25 bits per heavy atom. The number of benzene rings is 1. The van der Waals surface area contributed by atoms with Gasteiger partial charge in [0.05, 0.1) is 16.3 Å². The molecule has 2 heterocycles. The van der Waals surface area contributed by atoms with Crippen molar-refractivity contribution in [2.45, 2.75) is 10.6 Å². The first kappa shape index (κ1) is 17.3. The molecule has 0 atom stereocenters. The fourth-order valence-corrected chi connectivity index (χ4v) is 3.97. The van der Waals surface area contributed by atoms with E-state index in [4.69, 9.17) is 23.2 Å². The molecule has 3 rings (SSSR count). The molecular weight excluding hydrogens is 383 g/mol. The van der Waals surface area contributed by atoms with Crippen LogP contribution in [0.3, 0.4) is 0 Å².